The molecule has 1 radical (unpaired) electrons. The number of sulfonamides is 1. The van der Waals surface area contributed by atoms with E-state index in [4.69, 9.17) is 0 Å². The van der Waals surface area contributed by atoms with Gasteiger partial charge in [-0.2, -0.15) is 13.2 Å². The smallest absolute Gasteiger partial charge is 0.366 e. The first-order chi connectivity index (χ1) is 15.0. The van der Waals surface area contributed by atoms with Gasteiger partial charge in [-0.1, -0.05) is 36.4 Å². The highest BCUT2D eigenvalue weighted by Gasteiger charge is 2.38. The van der Waals surface area contributed by atoms with Gasteiger partial charge in [0.05, 0.1) is 17.1 Å². The SMILES string of the molecule is [CH2]c1ccc(N2CCN(C(C)=O)CC2)c(N(CC(F)(F)F)S(=O)(=O)Cc2ccccc2)c1. The summed E-state index contributed by atoms with van der Waals surface area (Å²) in [4.78, 5) is 15.1. The van der Waals surface area contributed by atoms with Crippen LogP contribution in [-0.2, 0) is 20.6 Å². The van der Waals surface area contributed by atoms with Crippen LogP contribution in [0.3, 0.4) is 0 Å². The minimum absolute atomic E-state index is 0.0676. The molecule has 3 rings (SSSR count). The van der Waals surface area contributed by atoms with Crippen LogP contribution >= 0.6 is 0 Å². The summed E-state index contributed by atoms with van der Waals surface area (Å²) in [5.74, 6) is -0.648. The number of nitrogens with zero attached hydrogens (tertiary/aromatic N) is 3. The average molecular weight is 469 g/mol. The number of anilines is 2. The van der Waals surface area contributed by atoms with Gasteiger partial charge in [-0.15, -0.1) is 0 Å². The number of rotatable bonds is 6. The lowest BCUT2D eigenvalue weighted by atomic mass is 10.1. The largest absolute Gasteiger partial charge is 0.407 e. The van der Waals surface area contributed by atoms with E-state index >= 15 is 0 Å². The molecule has 1 amide bonds. The fraction of sp³-hybridized carbons (Fsp3) is 0.364. The average Bonchev–Trinajstić information content (AvgIpc) is 2.72. The van der Waals surface area contributed by atoms with E-state index in [9.17, 15) is 26.4 Å². The van der Waals surface area contributed by atoms with Crippen molar-refractivity contribution in [1.82, 2.24) is 4.90 Å². The molecule has 10 heteroatoms. The highest BCUT2D eigenvalue weighted by molar-refractivity contribution is 7.92. The number of halogens is 3. The summed E-state index contributed by atoms with van der Waals surface area (Å²) < 4.78 is 67.3. The molecule has 0 aromatic heterocycles. The van der Waals surface area contributed by atoms with Crippen LogP contribution in [0.25, 0.3) is 0 Å². The molecule has 32 heavy (non-hydrogen) atoms. The number of benzene rings is 2. The van der Waals surface area contributed by atoms with Crippen LogP contribution < -0.4 is 9.21 Å². The Kier molecular flexibility index (Phi) is 7.02. The highest BCUT2D eigenvalue weighted by atomic mass is 32.2. The Morgan fingerprint density at radius 1 is 1.06 bits per heavy atom. The second-order valence-electron chi connectivity index (χ2n) is 7.68. The van der Waals surface area contributed by atoms with E-state index in [-0.39, 0.29) is 11.6 Å². The van der Waals surface area contributed by atoms with Crippen molar-refractivity contribution in [3.8, 4) is 0 Å². The molecular weight excluding hydrogens is 443 g/mol. The van der Waals surface area contributed by atoms with Gasteiger partial charge in [-0.3, -0.25) is 9.10 Å². The Labute approximate surface area is 186 Å². The van der Waals surface area contributed by atoms with Crippen LogP contribution in [0.1, 0.15) is 18.1 Å². The minimum Gasteiger partial charge on any atom is -0.366 e. The maximum absolute atomic E-state index is 13.5. The van der Waals surface area contributed by atoms with E-state index in [0.29, 0.717) is 47.3 Å². The predicted octanol–water partition coefficient (Wildman–Crippen LogP) is 3.44. The van der Waals surface area contributed by atoms with Crippen LogP contribution in [0.2, 0.25) is 0 Å². The van der Waals surface area contributed by atoms with Gasteiger partial charge in [0.15, 0.2) is 0 Å². The van der Waals surface area contributed by atoms with E-state index in [1.54, 1.807) is 52.3 Å². The van der Waals surface area contributed by atoms with Gasteiger partial charge in [0.1, 0.15) is 6.54 Å². The molecule has 0 atom stereocenters. The van der Waals surface area contributed by atoms with Crippen LogP contribution in [0.5, 0.6) is 0 Å². The third kappa shape index (κ3) is 5.93. The van der Waals surface area contributed by atoms with Gasteiger partial charge in [0.2, 0.25) is 15.9 Å². The Bertz CT molecular complexity index is 1050. The molecule has 1 saturated heterocycles. The molecule has 0 saturated carbocycles. The molecule has 1 heterocycles. The molecule has 1 aliphatic rings. The Balaban J connectivity index is 2.01. The summed E-state index contributed by atoms with van der Waals surface area (Å²) in [5.41, 5.74) is 1.08. The van der Waals surface area contributed by atoms with Crippen molar-refractivity contribution in [3.63, 3.8) is 0 Å². The van der Waals surface area contributed by atoms with Gasteiger partial charge in [-0.25, -0.2) is 8.42 Å². The van der Waals surface area contributed by atoms with Crippen molar-refractivity contribution in [2.24, 2.45) is 0 Å². The number of carbonyl (C=O) groups is 1. The molecule has 1 aliphatic heterocycles. The van der Waals surface area contributed by atoms with Crippen LogP contribution in [0.4, 0.5) is 24.5 Å². The molecule has 0 aliphatic carbocycles. The molecule has 2 aromatic carbocycles. The van der Waals surface area contributed by atoms with Gasteiger partial charge in [-0.05, 0) is 30.2 Å². The summed E-state index contributed by atoms with van der Waals surface area (Å²) in [7, 11) is -4.37. The maximum atomic E-state index is 13.5. The van der Waals surface area contributed by atoms with Crippen molar-refractivity contribution in [2.75, 3.05) is 41.9 Å². The number of amides is 1. The molecular formula is C22H25F3N3O3S. The second-order valence-corrected chi connectivity index (χ2v) is 9.57. The third-order valence-corrected chi connectivity index (χ3v) is 6.92. The first-order valence-corrected chi connectivity index (χ1v) is 11.6. The van der Waals surface area contributed by atoms with Crippen molar-refractivity contribution < 1.29 is 26.4 Å². The van der Waals surface area contributed by atoms with E-state index in [0.717, 1.165) is 0 Å². The van der Waals surface area contributed by atoms with Gasteiger partial charge in [0, 0.05) is 33.1 Å². The number of hydrogen-bond acceptors (Lipinski definition) is 4. The molecule has 6 nitrogen and oxygen atoms in total. The zero-order chi connectivity index (χ0) is 23.5. The van der Waals surface area contributed by atoms with Crippen molar-refractivity contribution in [1.29, 1.82) is 0 Å². The molecule has 0 bridgehead atoms. The van der Waals surface area contributed by atoms with Gasteiger partial charge >= 0.3 is 6.18 Å². The highest BCUT2D eigenvalue weighted by Crippen LogP contribution is 2.36. The van der Waals surface area contributed by atoms with Gasteiger partial charge in [0.25, 0.3) is 0 Å². The normalized spacial score (nSPS) is 15.0. The Morgan fingerprint density at radius 3 is 2.25 bits per heavy atom. The molecule has 0 unspecified atom stereocenters. The summed E-state index contributed by atoms with van der Waals surface area (Å²) in [6.07, 6.45) is -4.74. The van der Waals surface area contributed by atoms with E-state index < -0.39 is 28.5 Å². The Morgan fingerprint density at radius 2 is 1.69 bits per heavy atom. The summed E-state index contributed by atoms with van der Waals surface area (Å²) >= 11 is 0. The second kappa shape index (κ2) is 9.40. The summed E-state index contributed by atoms with van der Waals surface area (Å²) in [6, 6.07) is 12.7. The monoisotopic (exact) mass is 468 g/mol. The third-order valence-electron chi connectivity index (χ3n) is 5.22. The minimum atomic E-state index is -4.74. The lowest BCUT2D eigenvalue weighted by Gasteiger charge is -2.38. The van der Waals surface area contributed by atoms with Crippen molar-refractivity contribution in [2.45, 2.75) is 18.9 Å². The fourth-order valence-electron chi connectivity index (χ4n) is 3.66. The van der Waals surface area contributed by atoms with Crippen molar-refractivity contribution >= 4 is 27.3 Å². The van der Waals surface area contributed by atoms with Crippen LogP contribution in [-0.4, -0.2) is 58.1 Å². The lowest BCUT2D eigenvalue weighted by Crippen LogP contribution is -2.49. The van der Waals surface area contributed by atoms with Crippen LogP contribution in [0, 0.1) is 6.92 Å². The topological polar surface area (TPSA) is 60.9 Å². The van der Waals surface area contributed by atoms with E-state index in [1.165, 1.54) is 13.0 Å². The first-order valence-electron chi connectivity index (χ1n) is 10.0. The lowest BCUT2D eigenvalue weighted by molar-refractivity contribution is -0.129. The summed E-state index contributed by atoms with van der Waals surface area (Å²) in [5, 5.41) is 0. The fourth-order valence-corrected chi connectivity index (χ4v) is 5.22. The van der Waals surface area contributed by atoms with Gasteiger partial charge < -0.3 is 9.80 Å². The zero-order valence-electron chi connectivity index (χ0n) is 17.7. The molecule has 1 fully saturated rings. The van der Waals surface area contributed by atoms with E-state index in [2.05, 4.69) is 6.92 Å². The first kappa shape index (κ1) is 23.9. The maximum Gasteiger partial charge on any atom is 0.407 e. The van der Waals surface area contributed by atoms with Crippen LogP contribution in [0.15, 0.2) is 48.5 Å². The Hall–Kier alpha value is -2.75. The zero-order valence-corrected chi connectivity index (χ0v) is 18.5. The number of hydrogen-bond donors (Lipinski definition) is 0. The molecule has 0 N–H and O–H groups in total. The van der Waals surface area contributed by atoms with E-state index in [1.807, 2.05) is 0 Å². The number of carbonyl (C=O) groups excluding carboxylic acids is 1. The standard InChI is InChI=1S/C22H25F3N3O3S/c1-17-8-9-20(27-12-10-26(11-13-27)18(2)29)21(14-17)28(16-22(23,24)25)32(30,31)15-19-6-4-3-5-7-19/h3-9,14H,1,10-13,15-16H2,2H3. The molecule has 0 spiro atoms. The summed E-state index contributed by atoms with van der Waals surface area (Å²) in [6.45, 7) is 5.14. The number of alkyl halides is 3. The number of piperazine rings is 1. The van der Waals surface area contributed by atoms with Crippen molar-refractivity contribution in [3.05, 3.63) is 66.6 Å². The molecule has 2 aromatic rings. The quantitative estimate of drug-likeness (QED) is 0.652. The predicted molar refractivity (Wildman–Crippen MR) is 118 cm³/mol. The molecule has 173 valence electrons.